The molecule has 0 unspecified atom stereocenters. The monoisotopic (exact) mass is 275 g/mol. The van der Waals surface area contributed by atoms with E-state index in [4.69, 9.17) is 0 Å². The lowest BCUT2D eigenvalue weighted by Crippen LogP contribution is -2.46. The third kappa shape index (κ3) is 3.03. The van der Waals surface area contributed by atoms with Crippen LogP contribution in [0, 0.1) is 0 Å². The van der Waals surface area contributed by atoms with Gasteiger partial charge in [-0.1, -0.05) is 6.42 Å². The lowest BCUT2D eigenvalue weighted by molar-refractivity contribution is 0.141. The predicted molar refractivity (Wildman–Crippen MR) is 82.2 cm³/mol. The summed E-state index contributed by atoms with van der Waals surface area (Å²) >= 11 is 0. The molecule has 1 N–H and O–H groups in total. The van der Waals surface area contributed by atoms with Crippen LogP contribution in [0.25, 0.3) is 0 Å². The van der Waals surface area contributed by atoms with Gasteiger partial charge in [-0.2, -0.15) is 4.98 Å². The van der Waals surface area contributed by atoms with Crippen LogP contribution in [0.2, 0.25) is 0 Å². The molecule has 2 aliphatic rings. The van der Waals surface area contributed by atoms with Crippen molar-refractivity contribution in [1.82, 2.24) is 14.9 Å². The van der Waals surface area contributed by atoms with E-state index in [0.717, 1.165) is 24.9 Å². The number of nitrogens with zero attached hydrogens (tertiary/aromatic N) is 4. The highest BCUT2D eigenvalue weighted by molar-refractivity contribution is 5.42. The van der Waals surface area contributed by atoms with Gasteiger partial charge in [-0.05, 0) is 44.8 Å². The van der Waals surface area contributed by atoms with Crippen molar-refractivity contribution in [1.29, 1.82) is 0 Å². The zero-order valence-corrected chi connectivity index (χ0v) is 12.4. The number of hydrogen-bond acceptors (Lipinski definition) is 5. The first kappa shape index (κ1) is 13.6. The van der Waals surface area contributed by atoms with Crippen LogP contribution in [0.1, 0.15) is 32.1 Å². The van der Waals surface area contributed by atoms with Gasteiger partial charge < -0.3 is 15.1 Å². The Morgan fingerprint density at radius 3 is 2.55 bits per heavy atom. The molecular formula is C15H25N5. The lowest BCUT2D eigenvalue weighted by atomic mass is 10.00. The van der Waals surface area contributed by atoms with E-state index >= 15 is 0 Å². The zero-order valence-electron chi connectivity index (χ0n) is 12.4. The standard InChI is InChI=1S/C15H25N5/c1-16-15-17-8-5-14(18-15)20-11-6-13(7-12-20)19-9-3-2-4-10-19/h5,8,13H,2-4,6-7,9-12H2,1H3,(H,16,17,18). The van der Waals surface area contributed by atoms with E-state index in [1.165, 1.54) is 45.2 Å². The summed E-state index contributed by atoms with van der Waals surface area (Å²) in [7, 11) is 1.86. The molecular weight excluding hydrogens is 250 g/mol. The van der Waals surface area contributed by atoms with E-state index in [1.807, 2.05) is 19.3 Å². The van der Waals surface area contributed by atoms with Crippen LogP contribution in [-0.4, -0.2) is 54.1 Å². The third-order valence-corrected chi connectivity index (χ3v) is 4.56. The Balaban J connectivity index is 1.57. The van der Waals surface area contributed by atoms with E-state index in [2.05, 4.69) is 25.1 Å². The summed E-state index contributed by atoms with van der Waals surface area (Å²) in [5, 5.41) is 3.01. The number of likely N-dealkylation sites (tertiary alicyclic amines) is 1. The van der Waals surface area contributed by atoms with Crippen molar-refractivity contribution in [2.24, 2.45) is 0 Å². The van der Waals surface area contributed by atoms with Gasteiger partial charge in [0.2, 0.25) is 5.95 Å². The molecule has 0 atom stereocenters. The van der Waals surface area contributed by atoms with Crippen LogP contribution in [-0.2, 0) is 0 Å². The maximum atomic E-state index is 4.54. The summed E-state index contributed by atoms with van der Waals surface area (Å²) in [6.07, 6.45) is 8.56. The van der Waals surface area contributed by atoms with Crippen LogP contribution in [0.15, 0.2) is 12.3 Å². The number of anilines is 2. The minimum absolute atomic E-state index is 0.709. The number of nitrogens with one attached hydrogen (secondary N) is 1. The molecule has 3 rings (SSSR count). The minimum Gasteiger partial charge on any atom is -0.357 e. The van der Waals surface area contributed by atoms with Crippen molar-refractivity contribution in [3.05, 3.63) is 12.3 Å². The van der Waals surface area contributed by atoms with Gasteiger partial charge in [-0.3, -0.25) is 0 Å². The molecule has 5 heteroatoms. The third-order valence-electron chi connectivity index (χ3n) is 4.56. The highest BCUT2D eigenvalue weighted by atomic mass is 15.2. The molecule has 0 spiro atoms. The quantitative estimate of drug-likeness (QED) is 0.913. The normalized spacial score (nSPS) is 21.9. The van der Waals surface area contributed by atoms with Gasteiger partial charge in [0, 0.05) is 32.4 Å². The molecule has 2 saturated heterocycles. The molecule has 2 fully saturated rings. The van der Waals surface area contributed by atoms with E-state index in [9.17, 15) is 0 Å². The molecule has 0 saturated carbocycles. The number of rotatable bonds is 3. The summed E-state index contributed by atoms with van der Waals surface area (Å²) in [4.78, 5) is 13.8. The van der Waals surface area contributed by atoms with Crippen molar-refractivity contribution in [2.75, 3.05) is 43.4 Å². The molecule has 2 aliphatic heterocycles. The molecule has 0 aliphatic carbocycles. The number of aromatic nitrogens is 2. The second kappa shape index (κ2) is 6.39. The topological polar surface area (TPSA) is 44.3 Å². The average Bonchev–Trinajstić information content (AvgIpc) is 2.56. The largest absolute Gasteiger partial charge is 0.357 e. The van der Waals surface area contributed by atoms with Crippen LogP contribution in [0.5, 0.6) is 0 Å². The second-order valence-corrected chi connectivity index (χ2v) is 5.80. The Hall–Kier alpha value is -1.36. The maximum absolute atomic E-state index is 4.54. The number of hydrogen-bond donors (Lipinski definition) is 1. The van der Waals surface area contributed by atoms with Crippen LogP contribution < -0.4 is 10.2 Å². The van der Waals surface area contributed by atoms with Gasteiger partial charge in [-0.25, -0.2) is 4.98 Å². The fraction of sp³-hybridized carbons (Fsp3) is 0.733. The van der Waals surface area contributed by atoms with Gasteiger partial charge in [0.1, 0.15) is 5.82 Å². The molecule has 20 heavy (non-hydrogen) atoms. The molecule has 0 radical (unpaired) electrons. The van der Waals surface area contributed by atoms with E-state index in [0.29, 0.717) is 5.95 Å². The van der Waals surface area contributed by atoms with Crippen molar-refractivity contribution in [3.8, 4) is 0 Å². The van der Waals surface area contributed by atoms with Crippen molar-refractivity contribution in [2.45, 2.75) is 38.1 Å². The molecule has 0 aromatic carbocycles. The SMILES string of the molecule is CNc1nccc(N2CCC(N3CCCCC3)CC2)n1. The summed E-state index contributed by atoms with van der Waals surface area (Å²) in [5.74, 6) is 1.77. The van der Waals surface area contributed by atoms with E-state index in [-0.39, 0.29) is 0 Å². The molecule has 1 aromatic heterocycles. The lowest BCUT2D eigenvalue weighted by Gasteiger charge is -2.40. The highest BCUT2D eigenvalue weighted by Crippen LogP contribution is 2.23. The summed E-state index contributed by atoms with van der Waals surface area (Å²) in [5.41, 5.74) is 0. The predicted octanol–water partition coefficient (Wildman–Crippen LogP) is 1.97. The Kier molecular flexibility index (Phi) is 4.35. The van der Waals surface area contributed by atoms with E-state index < -0.39 is 0 Å². The zero-order chi connectivity index (χ0) is 13.8. The Bertz CT molecular complexity index is 422. The maximum Gasteiger partial charge on any atom is 0.224 e. The molecule has 110 valence electrons. The van der Waals surface area contributed by atoms with Crippen LogP contribution in [0.4, 0.5) is 11.8 Å². The second-order valence-electron chi connectivity index (χ2n) is 5.80. The Morgan fingerprint density at radius 2 is 1.85 bits per heavy atom. The van der Waals surface area contributed by atoms with Crippen molar-refractivity contribution >= 4 is 11.8 Å². The molecule has 0 amide bonds. The smallest absolute Gasteiger partial charge is 0.224 e. The fourth-order valence-corrected chi connectivity index (χ4v) is 3.39. The molecule has 3 heterocycles. The van der Waals surface area contributed by atoms with Gasteiger partial charge in [0.25, 0.3) is 0 Å². The highest BCUT2D eigenvalue weighted by Gasteiger charge is 2.26. The first-order chi connectivity index (χ1) is 9.86. The summed E-state index contributed by atoms with van der Waals surface area (Å²) in [6.45, 7) is 4.84. The molecule has 0 bridgehead atoms. The first-order valence-corrected chi connectivity index (χ1v) is 7.86. The summed E-state index contributed by atoms with van der Waals surface area (Å²) < 4.78 is 0. The van der Waals surface area contributed by atoms with E-state index in [1.54, 1.807) is 0 Å². The van der Waals surface area contributed by atoms with Gasteiger partial charge in [-0.15, -0.1) is 0 Å². The number of piperidine rings is 2. The Morgan fingerprint density at radius 1 is 1.10 bits per heavy atom. The fourth-order valence-electron chi connectivity index (χ4n) is 3.39. The molecule has 1 aromatic rings. The van der Waals surface area contributed by atoms with Gasteiger partial charge >= 0.3 is 0 Å². The van der Waals surface area contributed by atoms with Crippen molar-refractivity contribution < 1.29 is 0 Å². The molecule has 5 nitrogen and oxygen atoms in total. The van der Waals surface area contributed by atoms with Crippen LogP contribution in [0.3, 0.4) is 0 Å². The first-order valence-electron chi connectivity index (χ1n) is 7.86. The van der Waals surface area contributed by atoms with Gasteiger partial charge in [0.15, 0.2) is 0 Å². The van der Waals surface area contributed by atoms with Gasteiger partial charge in [0.05, 0.1) is 0 Å². The average molecular weight is 275 g/mol. The summed E-state index contributed by atoms with van der Waals surface area (Å²) in [6, 6.07) is 2.80. The minimum atomic E-state index is 0.709. The van der Waals surface area contributed by atoms with Crippen molar-refractivity contribution in [3.63, 3.8) is 0 Å². The van der Waals surface area contributed by atoms with Crippen LogP contribution >= 0.6 is 0 Å². The Labute approximate surface area is 121 Å².